The summed E-state index contributed by atoms with van der Waals surface area (Å²) in [7, 11) is -2.05. The van der Waals surface area contributed by atoms with Crippen molar-refractivity contribution >= 4 is 32.8 Å². The summed E-state index contributed by atoms with van der Waals surface area (Å²) in [5.41, 5.74) is -0.303. The summed E-state index contributed by atoms with van der Waals surface area (Å²) in [6.45, 7) is 22.0. The molecule has 4 atom stereocenters. The third-order valence-electron chi connectivity index (χ3n) is 9.49. The van der Waals surface area contributed by atoms with Gasteiger partial charge in [0.05, 0.1) is 0 Å². The van der Waals surface area contributed by atoms with Crippen molar-refractivity contribution in [3.8, 4) is 0 Å². The second kappa shape index (κ2) is 14.6. The van der Waals surface area contributed by atoms with Crippen molar-refractivity contribution in [2.24, 2.45) is 0 Å². The van der Waals surface area contributed by atoms with Gasteiger partial charge in [0.1, 0.15) is 0 Å². The fraction of sp³-hybridized carbons (Fsp3) is 0.812. The van der Waals surface area contributed by atoms with Crippen molar-refractivity contribution < 1.29 is 18.6 Å². The van der Waals surface area contributed by atoms with E-state index in [1.54, 1.807) is 4.57 Å². The van der Waals surface area contributed by atoms with Crippen LogP contribution in [0.4, 0.5) is 0 Å². The Morgan fingerprint density at radius 2 is 1.55 bits per heavy atom. The molecule has 1 aromatic rings. The molecule has 0 bridgehead atoms. The van der Waals surface area contributed by atoms with Gasteiger partial charge in [0, 0.05) is 0 Å². The number of aromatic amines is 1. The van der Waals surface area contributed by atoms with Crippen molar-refractivity contribution in [2.75, 3.05) is 6.61 Å². The Bertz CT molecular complexity index is 1150. The summed E-state index contributed by atoms with van der Waals surface area (Å²) < 4.78 is 33.8. The van der Waals surface area contributed by atoms with Gasteiger partial charge in [0.25, 0.3) is 0 Å². The summed E-state index contributed by atoms with van der Waals surface area (Å²) in [4.78, 5) is 28.6. The van der Waals surface area contributed by atoms with Crippen LogP contribution in [0.1, 0.15) is 106 Å². The van der Waals surface area contributed by atoms with Crippen LogP contribution in [0.2, 0.25) is 31.4 Å². The molecule has 0 aromatic carbocycles. The van der Waals surface area contributed by atoms with Gasteiger partial charge in [-0.25, -0.2) is 0 Å². The van der Waals surface area contributed by atoms with E-state index in [9.17, 15) is 9.59 Å². The van der Waals surface area contributed by atoms with Crippen molar-refractivity contribution in [2.45, 2.75) is 156 Å². The first-order chi connectivity index (χ1) is 19.6. The number of H-pyrrole nitrogens is 1. The van der Waals surface area contributed by atoms with Gasteiger partial charge in [-0.3, -0.25) is 0 Å². The number of aromatic nitrogens is 2. The fourth-order valence-corrected chi connectivity index (χ4v) is 21.0. The number of nitrogens with zero attached hydrogens (tertiary/aromatic N) is 1. The summed E-state index contributed by atoms with van der Waals surface area (Å²) in [5.74, 6) is -0.819. The molecule has 240 valence electrons. The first-order valence-corrected chi connectivity index (χ1v) is 26.9. The average Bonchev–Trinajstić information content (AvgIpc) is 3.38. The van der Waals surface area contributed by atoms with Crippen molar-refractivity contribution in [3.05, 3.63) is 36.7 Å². The van der Waals surface area contributed by atoms with E-state index in [1.165, 1.54) is 57.9 Å². The third kappa shape index (κ3) is 8.71. The molecule has 3 rings (SSSR count). The number of unbranched alkanes of at least 4 members (excludes halogenated alkanes) is 3. The minimum absolute atomic E-state index is 0.0518. The molecular weight excluding hydrogens is 655 g/mol. The molecule has 1 aromatic heterocycles. The number of fused-ring (bicyclic) bond motifs is 1. The minimum atomic E-state index is -2.70. The molecule has 0 unspecified atom stereocenters. The van der Waals surface area contributed by atoms with Gasteiger partial charge in [0.15, 0.2) is 0 Å². The van der Waals surface area contributed by atoms with Crippen molar-refractivity contribution in [3.63, 3.8) is 0 Å². The van der Waals surface area contributed by atoms with Crippen molar-refractivity contribution in [1.29, 1.82) is 0 Å². The Kier molecular flexibility index (Phi) is 12.4. The molecule has 0 amide bonds. The van der Waals surface area contributed by atoms with Gasteiger partial charge in [0.2, 0.25) is 0 Å². The molecule has 8 nitrogen and oxygen atoms in total. The van der Waals surface area contributed by atoms with E-state index in [2.05, 4.69) is 69.8 Å². The topological polar surface area (TPSA) is 91.8 Å². The van der Waals surface area contributed by atoms with E-state index < -0.39 is 62.2 Å². The zero-order valence-corrected chi connectivity index (χ0v) is 31.9. The molecule has 0 radical (unpaired) electrons. The van der Waals surface area contributed by atoms with Gasteiger partial charge < -0.3 is 0 Å². The van der Waals surface area contributed by atoms with Crippen LogP contribution in [0.3, 0.4) is 0 Å². The molecule has 42 heavy (non-hydrogen) atoms. The van der Waals surface area contributed by atoms with E-state index in [4.69, 9.17) is 18.6 Å². The van der Waals surface area contributed by atoms with Gasteiger partial charge in [-0.15, -0.1) is 0 Å². The van der Waals surface area contributed by atoms with Gasteiger partial charge >= 0.3 is 260 Å². The maximum atomic E-state index is 13.5. The van der Waals surface area contributed by atoms with Crippen LogP contribution < -0.4 is 11.2 Å². The van der Waals surface area contributed by atoms with Gasteiger partial charge in [-0.05, 0) is 0 Å². The number of rotatable bonds is 15. The van der Waals surface area contributed by atoms with Crippen LogP contribution in [-0.4, -0.2) is 67.0 Å². The Hall–Kier alpha value is -0.724. The van der Waals surface area contributed by atoms with E-state index in [1.807, 2.05) is 13.8 Å². The average molecular weight is 714 g/mol. The number of hydrogen-bond donors (Lipinski definition) is 1. The number of nitrogens with one attached hydrogen (secondary N) is 1. The Labute approximate surface area is 258 Å². The van der Waals surface area contributed by atoms with E-state index in [0.717, 1.165) is 0 Å². The zero-order valence-electron chi connectivity index (χ0n) is 28.0. The predicted octanol–water partition coefficient (Wildman–Crippen LogP) is 7.38. The van der Waals surface area contributed by atoms with Gasteiger partial charge in [-0.2, -0.15) is 0 Å². The molecule has 1 N–H and O–H groups in total. The SMILES string of the molecule is CCC[CH2][Sn](/[CH]=C\c1cc(=O)[nH]c(=O)n1[C@@H]1O[C@H](CO[Si](C)(C)C(C)(C)C)[C@H]2OC(C)(C)O[C@H]21)([CH2]CCC)[CH2]CCC. The maximum absolute atomic E-state index is 13.5. The first kappa shape index (κ1) is 35.8. The summed E-state index contributed by atoms with van der Waals surface area (Å²) >= 11 is -2.70. The number of ether oxygens (including phenoxy) is 3. The Morgan fingerprint density at radius 3 is 2.07 bits per heavy atom. The molecular formula is C32H58N2O6SiSn. The molecule has 2 saturated heterocycles. The van der Waals surface area contributed by atoms with Crippen LogP contribution in [0.15, 0.2) is 19.7 Å². The second-order valence-electron chi connectivity index (χ2n) is 14.4. The van der Waals surface area contributed by atoms with E-state index in [-0.39, 0.29) is 11.1 Å². The molecule has 2 fully saturated rings. The molecule has 2 aliphatic heterocycles. The third-order valence-corrected chi connectivity index (χ3v) is 28.0. The van der Waals surface area contributed by atoms with Crippen LogP contribution in [0.5, 0.6) is 0 Å². The molecule has 3 heterocycles. The first-order valence-electron chi connectivity index (χ1n) is 16.3. The Morgan fingerprint density at radius 1 is 1.00 bits per heavy atom. The fourth-order valence-electron chi connectivity index (χ4n) is 5.90. The quantitative estimate of drug-likeness (QED) is 0.191. The molecule has 0 spiro atoms. The van der Waals surface area contributed by atoms with E-state index in [0.29, 0.717) is 12.3 Å². The van der Waals surface area contributed by atoms with Crippen LogP contribution in [0.25, 0.3) is 6.08 Å². The van der Waals surface area contributed by atoms with Gasteiger partial charge in [-0.1, -0.05) is 0 Å². The zero-order chi connectivity index (χ0) is 31.3. The van der Waals surface area contributed by atoms with Crippen LogP contribution in [0, 0.1) is 0 Å². The Balaban J connectivity index is 2.02. The van der Waals surface area contributed by atoms with Crippen molar-refractivity contribution in [1.82, 2.24) is 9.55 Å². The normalized spacial score (nSPS) is 24.5. The molecule has 0 aliphatic carbocycles. The van der Waals surface area contributed by atoms with E-state index >= 15 is 0 Å². The monoisotopic (exact) mass is 714 g/mol. The second-order valence-corrected chi connectivity index (χ2v) is 32.3. The summed E-state index contributed by atoms with van der Waals surface area (Å²) in [6.07, 6.45) is 7.32. The molecule has 2 aliphatic rings. The van der Waals surface area contributed by atoms with Crippen LogP contribution in [-0.2, 0) is 18.6 Å². The molecule has 10 heteroatoms. The molecule has 0 saturated carbocycles. The van der Waals surface area contributed by atoms with Crippen LogP contribution >= 0.6 is 0 Å². The predicted molar refractivity (Wildman–Crippen MR) is 176 cm³/mol. The number of hydrogen-bond acceptors (Lipinski definition) is 6. The standard InChI is InChI=1S/C20H31N2O6Si.3C4H9.Sn/c1-9-12-10-14(23)21-18(24)22(12)17-16-15(27-20(5,6)28-16)13(26-17)11-25-29(7,8)19(2,3)4;3*1-3-4-2;/h1,9-10,13,15-17H,11H2,2-8H3,(H,21,23,24);3*1,3-4H2,2H3;/t13-,15-,16-,17-;;;;/m1..../s1. The summed E-state index contributed by atoms with van der Waals surface area (Å²) in [6, 6.07) is 1.53. The summed E-state index contributed by atoms with van der Waals surface area (Å²) in [5, 5.41) is 0.0518.